The van der Waals surface area contributed by atoms with Crippen molar-refractivity contribution >= 4 is 68.4 Å². The Bertz CT molecular complexity index is 2560. The number of alkyl halides is 2. The molecule has 2 unspecified atom stereocenters. The number of carbonyl (C=O) groups is 2. The van der Waals surface area contributed by atoms with Crippen LogP contribution in [0.25, 0.3) is 21.8 Å². The minimum atomic E-state index is -3.13. The van der Waals surface area contributed by atoms with Gasteiger partial charge in [0.2, 0.25) is 23.5 Å². The lowest BCUT2D eigenvalue weighted by Gasteiger charge is -2.38. The van der Waals surface area contributed by atoms with Crippen molar-refractivity contribution in [1.82, 2.24) is 34.9 Å². The Kier molecular flexibility index (Phi) is 9.89. The molecule has 0 radical (unpaired) electrons. The molecule has 5 aliphatic rings. The molecule has 60 heavy (non-hydrogen) atoms. The number of pyridine rings is 1. The van der Waals surface area contributed by atoms with Gasteiger partial charge in [0.1, 0.15) is 5.02 Å². The Hall–Kier alpha value is -5.35. The summed E-state index contributed by atoms with van der Waals surface area (Å²) in [5, 5.41) is 15.3. The lowest BCUT2D eigenvalue weighted by Crippen LogP contribution is -2.44. The normalized spacial score (nSPS) is 22.9. The lowest BCUT2D eigenvalue weighted by molar-refractivity contribution is -0.134. The first kappa shape index (κ1) is 38.8. The molecule has 17 heteroatoms. The predicted molar refractivity (Wildman–Crippen MR) is 225 cm³/mol. The number of aryl methyl sites for hydroxylation is 1. The second kappa shape index (κ2) is 15.3. The zero-order valence-corrected chi connectivity index (χ0v) is 34.0. The number of carbonyl (C=O) groups excluding carboxylic acids is 2. The van der Waals surface area contributed by atoms with E-state index in [-0.39, 0.29) is 29.2 Å². The number of aromatic nitrogens is 5. The van der Waals surface area contributed by atoms with Gasteiger partial charge in [0, 0.05) is 49.6 Å². The smallest absolute Gasteiger partial charge is 0.301 e. The molecule has 4 aliphatic heterocycles. The van der Waals surface area contributed by atoms with E-state index in [2.05, 4.69) is 53.9 Å². The topological polar surface area (TPSA) is 162 Å². The fourth-order valence-electron chi connectivity index (χ4n) is 9.68. The number of benzene rings is 2. The van der Waals surface area contributed by atoms with Gasteiger partial charge in [-0.15, -0.1) is 0 Å². The van der Waals surface area contributed by atoms with Crippen molar-refractivity contribution in [3.05, 3.63) is 69.2 Å². The molecule has 14 nitrogen and oxygen atoms in total. The highest BCUT2D eigenvalue weighted by Crippen LogP contribution is 2.46. The standard InChI is InChI=1S/C43H47ClF2N10O4/c1-54-33-18-26(4-6-28(33)35(53-54)29-7-9-34(57)50-40(29)58)24-12-14-55(15-13-24)21-23-10-16-56(17-11-23)42-47-20-31(44)39(52-42)48-27-5-8-32-30(19-27)36-37(41(59)49-32)60-22-43(45,46)38(51-36)25-2-3-25/h4-6,8,18-20,23-25,29,38,51H,2-3,7,9-17,21-22H2,1H3,(H,49,59)(H,47,48,52)(H,50,57,58). The van der Waals surface area contributed by atoms with Crippen molar-refractivity contribution in [3.63, 3.8) is 0 Å². The van der Waals surface area contributed by atoms with Crippen LogP contribution in [-0.2, 0) is 16.6 Å². The van der Waals surface area contributed by atoms with Gasteiger partial charge >= 0.3 is 5.92 Å². The molecule has 314 valence electrons. The molecule has 4 fully saturated rings. The molecule has 0 bridgehead atoms. The number of piperidine rings is 3. The number of nitrogens with one attached hydrogen (secondary N) is 4. The maximum absolute atomic E-state index is 15.1. The Labute approximate surface area is 349 Å². The number of ether oxygens (including phenoxy) is 1. The summed E-state index contributed by atoms with van der Waals surface area (Å²) in [6, 6.07) is 10.7. The van der Waals surface area contributed by atoms with Gasteiger partial charge < -0.3 is 30.2 Å². The van der Waals surface area contributed by atoms with Gasteiger partial charge in [0.25, 0.3) is 5.56 Å². The summed E-state index contributed by atoms with van der Waals surface area (Å²) in [5.41, 5.74) is 3.87. The average molecular weight is 841 g/mol. The molecule has 10 rings (SSSR count). The third-order valence-electron chi connectivity index (χ3n) is 13.2. The van der Waals surface area contributed by atoms with Crippen LogP contribution in [0.1, 0.15) is 74.5 Å². The Balaban J connectivity index is 0.755. The molecule has 2 amide bonds. The third kappa shape index (κ3) is 7.41. The van der Waals surface area contributed by atoms with E-state index >= 15 is 8.78 Å². The maximum Gasteiger partial charge on any atom is 0.301 e. The number of likely N-dealkylation sites (tertiary alicyclic amines) is 1. The summed E-state index contributed by atoms with van der Waals surface area (Å²) >= 11 is 6.60. The van der Waals surface area contributed by atoms with Crippen molar-refractivity contribution in [2.45, 2.75) is 75.2 Å². The van der Waals surface area contributed by atoms with Gasteiger partial charge in [-0.25, -0.2) is 13.8 Å². The number of anilines is 4. The van der Waals surface area contributed by atoms with Crippen molar-refractivity contribution < 1.29 is 23.1 Å². The van der Waals surface area contributed by atoms with E-state index in [1.165, 1.54) is 5.56 Å². The molecule has 5 aromatic rings. The Morgan fingerprint density at radius 1 is 0.967 bits per heavy atom. The molecule has 3 saturated heterocycles. The molecule has 3 aromatic heterocycles. The number of H-pyrrole nitrogens is 1. The quantitative estimate of drug-likeness (QED) is 0.127. The fourth-order valence-corrected chi connectivity index (χ4v) is 9.82. The molecule has 1 saturated carbocycles. The largest absolute Gasteiger partial charge is 0.480 e. The van der Waals surface area contributed by atoms with Crippen LogP contribution < -0.4 is 31.1 Å². The molecule has 2 atom stereocenters. The molecule has 2 aromatic carbocycles. The zero-order chi connectivity index (χ0) is 41.3. The van der Waals surface area contributed by atoms with Gasteiger partial charge in [-0.05, 0) is 106 Å². The van der Waals surface area contributed by atoms with E-state index in [0.717, 1.165) is 75.0 Å². The number of hydrogen-bond acceptors (Lipinski definition) is 11. The monoisotopic (exact) mass is 840 g/mol. The fraction of sp³-hybridized carbons (Fsp3) is 0.488. The highest BCUT2D eigenvalue weighted by atomic mass is 35.5. The first-order chi connectivity index (χ1) is 29.0. The summed E-state index contributed by atoms with van der Waals surface area (Å²) in [6.07, 6.45) is 8.00. The van der Waals surface area contributed by atoms with E-state index < -0.39 is 30.0 Å². The van der Waals surface area contributed by atoms with E-state index in [0.29, 0.717) is 70.9 Å². The molecule has 4 N–H and O–H groups in total. The Morgan fingerprint density at radius 3 is 2.53 bits per heavy atom. The molecule has 0 spiro atoms. The number of fused-ring (bicyclic) bond motifs is 4. The van der Waals surface area contributed by atoms with E-state index in [4.69, 9.17) is 26.4 Å². The highest BCUT2D eigenvalue weighted by molar-refractivity contribution is 6.33. The molecular formula is C43H47ClF2N10O4. The van der Waals surface area contributed by atoms with Crippen LogP contribution >= 0.6 is 11.6 Å². The van der Waals surface area contributed by atoms with Crippen molar-refractivity contribution in [2.24, 2.45) is 18.9 Å². The molecular weight excluding hydrogens is 794 g/mol. The summed E-state index contributed by atoms with van der Waals surface area (Å²) in [6.45, 7) is 3.91. The second-order valence-corrected chi connectivity index (χ2v) is 17.6. The highest BCUT2D eigenvalue weighted by Gasteiger charge is 2.51. The van der Waals surface area contributed by atoms with Crippen LogP contribution in [0.4, 0.5) is 31.9 Å². The van der Waals surface area contributed by atoms with Crippen LogP contribution in [-0.4, -0.2) is 92.7 Å². The van der Waals surface area contributed by atoms with E-state index in [1.54, 1.807) is 24.4 Å². The summed E-state index contributed by atoms with van der Waals surface area (Å²) in [4.78, 5) is 54.1. The van der Waals surface area contributed by atoms with Gasteiger partial charge in [0.15, 0.2) is 12.4 Å². The maximum atomic E-state index is 15.1. The van der Waals surface area contributed by atoms with Gasteiger partial charge in [0.05, 0.1) is 40.6 Å². The van der Waals surface area contributed by atoms with E-state index in [9.17, 15) is 14.4 Å². The zero-order valence-electron chi connectivity index (χ0n) is 33.3. The molecule has 1 aliphatic carbocycles. The lowest BCUT2D eigenvalue weighted by atomic mass is 9.87. The minimum absolute atomic E-state index is 0.138. The van der Waals surface area contributed by atoms with Crippen molar-refractivity contribution in [3.8, 4) is 5.75 Å². The number of imide groups is 1. The van der Waals surface area contributed by atoms with Gasteiger partial charge in [-0.1, -0.05) is 23.7 Å². The summed E-state index contributed by atoms with van der Waals surface area (Å²) < 4.78 is 37.4. The minimum Gasteiger partial charge on any atom is -0.480 e. The van der Waals surface area contributed by atoms with Crippen molar-refractivity contribution in [1.29, 1.82) is 0 Å². The summed E-state index contributed by atoms with van der Waals surface area (Å²) in [7, 11) is 1.92. The SMILES string of the molecule is Cn1nc(C2CCC(=O)NC2=O)c2ccc(C3CCN(CC4CCN(c5ncc(Cl)c(Nc6ccc7[nH]c(=O)c8c(c7c6)NC(C6CC6)C(F)(F)CO8)n5)CC4)CC3)cc21. The third-order valence-corrected chi connectivity index (χ3v) is 13.4. The van der Waals surface area contributed by atoms with Crippen LogP contribution in [0.2, 0.25) is 5.02 Å². The number of rotatable bonds is 8. The van der Waals surface area contributed by atoms with Crippen LogP contribution in [0.3, 0.4) is 0 Å². The number of nitrogens with zero attached hydrogens (tertiary/aromatic N) is 6. The molecule has 7 heterocycles. The Morgan fingerprint density at radius 2 is 1.77 bits per heavy atom. The second-order valence-electron chi connectivity index (χ2n) is 17.2. The van der Waals surface area contributed by atoms with E-state index in [1.807, 2.05) is 11.7 Å². The van der Waals surface area contributed by atoms with Crippen LogP contribution in [0.15, 0.2) is 47.4 Å². The van der Waals surface area contributed by atoms with Crippen molar-refractivity contribution in [2.75, 3.05) is 54.9 Å². The van der Waals surface area contributed by atoms with Crippen LogP contribution in [0.5, 0.6) is 5.75 Å². The number of halogens is 3. The first-order valence-electron chi connectivity index (χ1n) is 21.0. The first-order valence-corrected chi connectivity index (χ1v) is 21.4. The average Bonchev–Trinajstić information content (AvgIpc) is 4.04. The number of hydrogen-bond donors (Lipinski definition) is 4. The summed E-state index contributed by atoms with van der Waals surface area (Å²) in [5.74, 6) is -2.31. The number of amides is 2. The van der Waals surface area contributed by atoms with Crippen LogP contribution in [0, 0.1) is 11.8 Å². The van der Waals surface area contributed by atoms with Gasteiger partial charge in [-0.3, -0.25) is 24.4 Å². The predicted octanol–water partition coefficient (Wildman–Crippen LogP) is 6.44. The van der Waals surface area contributed by atoms with Gasteiger partial charge in [-0.2, -0.15) is 10.1 Å². The number of aromatic amines is 1.